The van der Waals surface area contributed by atoms with E-state index in [1.165, 1.54) is 27.3 Å². The van der Waals surface area contributed by atoms with Crippen LogP contribution in [0.25, 0.3) is 10.4 Å². The molecule has 0 saturated heterocycles. The summed E-state index contributed by atoms with van der Waals surface area (Å²) in [6, 6.07) is 13.4. The van der Waals surface area contributed by atoms with Crippen molar-refractivity contribution in [3.05, 3.63) is 46.8 Å². The fourth-order valence-corrected chi connectivity index (χ4v) is 2.74. The molecule has 1 heterocycles. The minimum atomic E-state index is 0.731. The molecule has 1 aromatic carbocycles. The van der Waals surface area contributed by atoms with E-state index in [0.29, 0.717) is 0 Å². The normalized spacial score (nSPS) is 11.0. The molecule has 2 rings (SSSR count). The Hall–Kier alpha value is -1.08. The summed E-state index contributed by atoms with van der Waals surface area (Å²) in [7, 11) is 0. The Morgan fingerprint density at radius 3 is 2.19 bits per heavy atom. The highest BCUT2D eigenvalue weighted by atomic mass is 32.1. The molecule has 0 aliphatic carbocycles. The Morgan fingerprint density at radius 2 is 1.69 bits per heavy atom. The van der Waals surface area contributed by atoms with E-state index in [1.807, 2.05) is 11.3 Å². The third-order valence-electron chi connectivity index (χ3n) is 2.62. The first-order valence-electron chi connectivity index (χ1n) is 5.81. The fourth-order valence-electron chi connectivity index (χ4n) is 1.87. The molecule has 0 aliphatic rings. The summed E-state index contributed by atoms with van der Waals surface area (Å²) in [5, 5.41) is 0. The first kappa shape index (κ1) is 11.4. The highest BCUT2D eigenvalue weighted by Gasteiger charge is 2.01. The third-order valence-corrected chi connectivity index (χ3v) is 3.67. The van der Waals surface area contributed by atoms with Gasteiger partial charge in [-0.3, -0.25) is 0 Å². The van der Waals surface area contributed by atoms with E-state index in [0.717, 1.165) is 5.92 Å². The second kappa shape index (κ2) is 4.84. The van der Waals surface area contributed by atoms with E-state index in [-0.39, 0.29) is 0 Å². The molecule has 1 heteroatoms. The summed E-state index contributed by atoms with van der Waals surface area (Å²) < 4.78 is 0. The molecule has 0 atom stereocenters. The van der Waals surface area contributed by atoms with Gasteiger partial charge >= 0.3 is 0 Å². The van der Waals surface area contributed by atoms with E-state index in [1.54, 1.807) is 0 Å². The van der Waals surface area contributed by atoms with Crippen molar-refractivity contribution in [1.82, 2.24) is 0 Å². The Kier molecular flexibility index (Phi) is 3.45. The van der Waals surface area contributed by atoms with E-state index < -0.39 is 0 Å². The molecule has 0 amide bonds. The lowest BCUT2D eigenvalue weighted by atomic mass is 10.0. The molecule has 0 radical (unpaired) electrons. The molecule has 1 aromatic heterocycles. The van der Waals surface area contributed by atoms with Gasteiger partial charge in [-0.25, -0.2) is 0 Å². The Bertz CT molecular complexity index is 449. The lowest BCUT2D eigenvalue weighted by Gasteiger charge is -2.05. The Morgan fingerprint density at radius 1 is 1.00 bits per heavy atom. The number of benzene rings is 1. The molecule has 0 bridgehead atoms. The molecule has 84 valence electrons. The van der Waals surface area contributed by atoms with Gasteiger partial charge in [-0.15, -0.1) is 11.3 Å². The van der Waals surface area contributed by atoms with Crippen LogP contribution in [0, 0.1) is 12.8 Å². The van der Waals surface area contributed by atoms with Crippen molar-refractivity contribution in [2.24, 2.45) is 5.92 Å². The molecule has 0 N–H and O–H groups in total. The molecule has 0 saturated carbocycles. The van der Waals surface area contributed by atoms with Gasteiger partial charge in [0.1, 0.15) is 0 Å². The van der Waals surface area contributed by atoms with Gasteiger partial charge in [0.2, 0.25) is 0 Å². The molecule has 0 fully saturated rings. The Labute approximate surface area is 102 Å². The summed E-state index contributed by atoms with van der Waals surface area (Å²) in [6.07, 6.45) is 1.17. The minimum absolute atomic E-state index is 0.731. The van der Waals surface area contributed by atoms with Crippen LogP contribution in [0.4, 0.5) is 0 Å². The average Bonchev–Trinajstić information content (AvgIpc) is 2.65. The highest BCUT2D eigenvalue weighted by Crippen LogP contribution is 2.27. The Balaban J connectivity index is 2.19. The first-order chi connectivity index (χ1) is 7.65. The van der Waals surface area contributed by atoms with Gasteiger partial charge in [0, 0.05) is 9.75 Å². The highest BCUT2D eigenvalue weighted by molar-refractivity contribution is 7.15. The van der Waals surface area contributed by atoms with Crippen molar-refractivity contribution in [1.29, 1.82) is 0 Å². The van der Waals surface area contributed by atoms with Crippen LogP contribution in [0.3, 0.4) is 0 Å². The van der Waals surface area contributed by atoms with Crippen molar-refractivity contribution in [2.45, 2.75) is 27.2 Å². The van der Waals surface area contributed by atoms with Gasteiger partial charge in [0.25, 0.3) is 0 Å². The van der Waals surface area contributed by atoms with Gasteiger partial charge in [-0.1, -0.05) is 38.1 Å². The standard InChI is InChI=1S/C15H18S/c1-11(2)10-13-5-7-14(8-6-13)15-9-4-12(3)16-15/h4-9,11H,10H2,1-3H3. The van der Waals surface area contributed by atoms with Gasteiger partial charge in [0.15, 0.2) is 0 Å². The molecule has 0 nitrogen and oxygen atoms in total. The quantitative estimate of drug-likeness (QED) is 0.702. The third kappa shape index (κ3) is 2.73. The second-order valence-corrected chi connectivity index (χ2v) is 5.99. The average molecular weight is 230 g/mol. The van der Waals surface area contributed by atoms with Crippen molar-refractivity contribution >= 4 is 11.3 Å². The van der Waals surface area contributed by atoms with Crippen LogP contribution in [0.2, 0.25) is 0 Å². The lowest BCUT2D eigenvalue weighted by Crippen LogP contribution is -1.93. The van der Waals surface area contributed by atoms with E-state index in [4.69, 9.17) is 0 Å². The van der Waals surface area contributed by atoms with Gasteiger partial charge in [0.05, 0.1) is 0 Å². The predicted octanol–water partition coefficient (Wildman–Crippen LogP) is 4.92. The first-order valence-corrected chi connectivity index (χ1v) is 6.62. The monoisotopic (exact) mass is 230 g/mol. The van der Waals surface area contributed by atoms with E-state index >= 15 is 0 Å². The maximum Gasteiger partial charge on any atom is 0.0345 e. The zero-order valence-corrected chi connectivity index (χ0v) is 11.0. The summed E-state index contributed by atoms with van der Waals surface area (Å²) in [6.45, 7) is 6.67. The molecular formula is C15H18S. The zero-order valence-electron chi connectivity index (χ0n) is 10.2. The van der Waals surface area contributed by atoms with Crippen LogP contribution in [-0.4, -0.2) is 0 Å². The van der Waals surface area contributed by atoms with Crippen LogP contribution in [0.5, 0.6) is 0 Å². The van der Waals surface area contributed by atoms with Crippen LogP contribution in [0.1, 0.15) is 24.3 Å². The molecular weight excluding hydrogens is 212 g/mol. The van der Waals surface area contributed by atoms with Crippen molar-refractivity contribution in [3.63, 3.8) is 0 Å². The molecule has 16 heavy (non-hydrogen) atoms. The van der Waals surface area contributed by atoms with Crippen LogP contribution < -0.4 is 0 Å². The zero-order chi connectivity index (χ0) is 11.5. The molecule has 0 aliphatic heterocycles. The van der Waals surface area contributed by atoms with Crippen molar-refractivity contribution in [2.75, 3.05) is 0 Å². The number of hydrogen-bond acceptors (Lipinski definition) is 1. The maximum absolute atomic E-state index is 2.26. The number of thiophene rings is 1. The maximum atomic E-state index is 2.26. The van der Waals surface area contributed by atoms with Gasteiger partial charge in [-0.2, -0.15) is 0 Å². The molecule has 2 aromatic rings. The lowest BCUT2D eigenvalue weighted by molar-refractivity contribution is 0.647. The smallest absolute Gasteiger partial charge is 0.0345 e. The molecule has 0 spiro atoms. The SMILES string of the molecule is Cc1ccc(-c2ccc(CC(C)C)cc2)s1. The van der Waals surface area contributed by atoms with Crippen LogP contribution in [-0.2, 0) is 6.42 Å². The molecule has 0 unspecified atom stereocenters. The van der Waals surface area contributed by atoms with Crippen LogP contribution in [0.15, 0.2) is 36.4 Å². The van der Waals surface area contributed by atoms with Crippen LogP contribution >= 0.6 is 11.3 Å². The summed E-state index contributed by atoms with van der Waals surface area (Å²) in [4.78, 5) is 2.75. The van der Waals surface area contributed by atoms with Gasteiger partial charge in [-0.05, 0) is 42.5 Å². The number of hydrogen-bond donors (Lipinski definition) is 0. The van der Waals surface area contributed by atoms with E-state index in [2.05, 4.69) is 57.2 Å². The largest absolute Gasteiger partial charge is 0.141 e. The van der Waals surface area contributed by atoms with Gasteiger partial charge < -0.3 is 0 Å². The predicted molar refractivity (Wildman–Crippen MR) is 73.0 cm³/mol. The van der Waals surface area contributed by atoms with Crippen molar-refractivity contribution in [3.8, 4) is 10.4 Å². The second-order valence-electron chi connectivity index (χ2n) is 4.71. The summed E-state index contributed by atoms with van der Waals surface area (Å²) in [5.41, 5.74) is 2.78. The summed E-state index contributed by atoms with van der Waals surface area (Å²) in [5.74, 6) is 0.731. The van der Waals surface area contributed by atoms with E-state index in [9.17, 15) is 0 Å². The van der Waals surface area contributed by atoms with Crippen molar-refractivity contribution < 1.29 is 0 Å². The number of rotatable bonds is 3. The number of aryl methyl sites for hydroxylation is 1. The minimum Gasteiger partial charge on any atom is -0.141 e. The topological polar surface area (TPSA) is 0 Å². The summed E-state index contributed by atoms with van der Waals surface area (Å²) >= 11 is 1.86. The fraction of sp³-hybridized carbons (Fsp3) is 0.333.